The third-order valence-corrected chi connectivity index (χ3v) is 5.95. The Morgan fingerprint density at radius 3 is 2.50 bits per heavy atom. The van der Waals surface area contributed by atoms with Crippen molar-refractivity contribution in [3.63, 3.8) is 0 Å². The molecule has 0 bridgehead atoms. The number of carbonyl (C=O) groups is 2. The molecule has 1 amide bonds. The van der Waals surface area contributed by atoms with Crippen LogP contribution in [-0.2, 0) is 5.75 Å². The number of benzene rings is 2. The first-order chi connectivity index (χ1) is 12.5. The second-order valence-electron chi connectivity index (χ2n) is 5.79. The van der Waals surface area contributed by atoms with Crippen LogP contribution in [0.1, 0.15) is 38.9 Å². The summed E-state index contributed by atoms with van der Waals surface area (Å²) in [5.41, 5.74) is 3.90. The zero-order valence-corrected chi connectivity index (χ0v) is 16.1. The Morgan fingerprint density at radius 1 is 1.12 bits per heavy atom. The van der Waals surface area contributed by atoms with Gasteiger partial charge in [0.25, 0.3) is 5.91 Å². The number of thioether (sulfide) groups is 1. The molecular formula is C20H18N2O2S2. The maximum Gasteiger partial charge on any atom is 0.255 e. The van der Waals surface area contributed by atoms with E-state index in [-0.39, 0.29) is 11.7 Å². The van der Waals surface area contributed by atoms with E-state index in [1.165, 1.54) is 6.92 Å². The second-order valence-corrected chi connectivity index (χ2v) is 7.87. The fourth-order valence-electron chi connectivity index (χ4n) is 2.39. The zero-order valence-electron chi connectivity index (χ0n) is 14.5. The van der Waals surface area contributed by atoms with Crippen LogP contribution in [0.3, 0.4) is 0 Å². The lowest BCUT2D eigenvalue weighted by Crippen LogP contribution is -2.14. The minimum atomic E-state index is -0.160. The van der Waals surface area contributed by atoms with Crippen LogP contribution in [0.25, 0.3) is 0 Å². The molecule has 0 saturated heterocycles. The number of thiazole rings is 1. The number of hydrogen-bond acceptors (Lipinski definition) is 5. The fourth-order valence-corrected chi connectivity index (χ4v) is 4.25. The van der Waals surface area contributed by atoms with Gasteiger partial charge >= 0.3 is 0 Å². The Bertz CT molecular complexity index is 933. The van der Waals surface area contributed by atoms with Crippen molar-refractivity contribution < 1.29 is 9.59 Å². The standard InChI is InChI=1S/C20H18N2O2S2/c1-13-11-25-20(21-13)26-12-16-5-3-4-6-18(16)19(24)22-17-9-7-15(8-10-17)14(2)23/h3-11H,12H2,1-2H3,(H,22,24). The molecule has 1 aromatic heterocycles. The molecule has 26 heavy (non-hydrogen) atoms. The highest BCUT2D eigenvalue weighted by atomic mass is 32.2. The highest BCUT2D eigenvalue weighted by Gasteiger charge is 2.12. The first kappa shape index (κ1) is 18.4. The molecule has 4 nitrogen and oxygen atoms in total. The van der Waals surface area contributed by atoms with E-state index >= 15 is 0 Å². The number of aryl methyl sites for hydroxylation is 1. The Kier molecular flexibility index (Phi) is 5.85. The molecule has 3 aromatic rings. The smallest absolute Gasteiger partial charge is 0.255 e. The maximum atomic E-state index is 12.7. The van der Waals surface area contributed by atoms with Gasteiger partial charge in [0, 0.05) is 33.6 Å². The van der Waals surface area contributed by atoms with Crippen molar-refractivity contribution in [2.45, 2.75) is 23.9 Å². The van der Waals surface area contributed by atoms with Crippen LogP contribution in [0.5, 0.6) is 0 Å². The van der Waals surface area contributed by atoms with E-state index in [0.29, 0.717) is 22.6 Å². The topological polar surface area (TPSA) is 59.1 Å². The summed E-state index contributed by atoms with van der Waals surface area (Å²) in [6.45, 7) is 3.49. The van der Waals surface area contributed by atoms with Crippen LogP contribution in [-0.4, -0.2) is 16.7 Å². The van der Waals surface area contributed by atoms with E-state index in [1.54, 1.807) is 47.4 Å². The predicted octanol–water partition coefficient (Wildman–Crippen LogP) is 5.20. The molecule has 132 valence electrons. The summed E-state index contributed by atoms with van der Waals surface area (Å²) in [6, 6.07) is 14.5. The molecular weight excluding hydrogens is 364 g/mol. The van der Waals surface area contributed by atoms with Gasteiger partial charge in [-0.1, -0.05) is 30.0 Å². The van der Waals surface area contributed by atoms with Crippen LogP contribution < -0.4 is 5.32 Å². The molecule has 0 aliphatic carbocycles. The number of rotatable bonds is 6. The van der Waals surface area contributed by atoms with Gasteiger partial charge in [-0.15, -0.1) is 11.3 Å². The summed E-state index contributed by atoms with van der Waals surface area (Å²) in [5.74, 6) is 0.523. The van der Waals surface area contributed by atoms with Gasteiger partial charge in [0.15, 0.2) is 5.78 Å². The lowest BCUT2D eigenvalue weighted by atomic mass is 10.1. The van der Waals surface area contributed by atoms with Crippen LogP contribution in [0.2, 0.25) is 0 Å². The monoisotopic (exact) mass is 382 g/mol. The third-order valence-electron chi connectivity index (χ3n) is 3.76. The molecule has 1 heterocycles. The molecule has 0 radical (unpaired) electrons. The third kappa shape index (κ3) is 4.59. The number of nitrogens with zero attached hydrogens (tertiary/aromatic N) is 1. The Hall–Kier alpha value is -2.44. The molecule has 0 unspecified atom stereocenters. The lowest BCUT2D eigenvalue weighted by molar-refractivity contribution is 0.101. The second kappa shape index (κ2) is 8.29. The molecule has 0 saturated carbocycles. The van der Waals surface area contributed by atoms with Gasteiger partial charge in [0.2, 0.25) is 0 Å². The van der Waals surface area contributed by atoms with Crippen molar-refractivity contribution in [2.24, 2.45) is 0 Å². The molecule has 0 aliphatic rings. The first-order valence-corrected chi connectivity index (χ1v) is 9.94. The van der Waals surface area contributed by atoms with E-state index in [9.17, 15) is 9.59 Å². The Labute approximate surface area is 160 Å². The molecule has 1 N–H and O–H groups in total. The minimum absolute atomic E-state index is 0.00247. The summed E-state index contributed by atoms with van der Waals surface area (Å²) in [6.07, 6.45) is 0. The van der Waals surface area contributed by atoms with Crippen LogP contribution in [0.4, 0.5) is 5.69 Å². The number of ketones is 1. The van der Waals surface area contributed by atoms with Gasteiger partial charge < -0.3 is 5.32 Å². The molecule has 0 atom stereocenters. The van der Waals surface area contributed by atoms with Crippen molar-refractivity contribution in [3.05, 3.63) is 76.3 Å². The normalized spacial score (nSPS) is 10.5. The Balaban J connectivity index is 1.71. The van der Waals surface area contributed by atoms with Crippen LogP contribution >= 0.6 is 23.1 Å². The molecule has 6 heteroatoms. The average molecular weight is 383 g/mol. The summed E-state index contributed by atoms with van der Waals surface area (Å²) >= 11 is 3.24. The van der Waals surface area contributed by atoms with Crippen molar-refractivity contribution >= 4 is 40.5 Å². The van der Waals surface area contributed by atoms with E-state index in [0.717, 1.165) is 15.6 Å². The maximum absolute atomic E-state index is 12.7. The van der Waals surface area contributed by atoms with Gasteiger partial charge in [-0.05, 0) is 49.7 Å². The number of aromatic nitrogens is 1. The largest absolute Gasteiger partial charge is 0.322 e. The summed E-state index contributed by atoms with van der Waals surface area (Å²) in [5, 5.41) is 4.91. The zero-order chi connectivity index (χ0) is 18.5. The molecule has 3 rings (SSSR count). The Morgan fingerprint density at radius 2 is 1.85 bits per heavy atom. The number of anilines is 1. The first-order valence-electron chi connectivity index (χ1n) is 8.08. The van der Waals surface area contributed by atoms with Crippen molar-refractivity contribution in [1.82, 2.24) is 4.98 Å². The minimum Gasteiger partial charge on any atom is -0.322 e. The molecule has 0 fully saturated rings. The number of carbonyl (C=O) groups excluding carboxylic acids is 2. The molecule has 0 aliphatic heterocycles. The van der Waals surface area contributed by atoms with Crippen molar-refractivity contribution in [1.29, 1.82) is 0 Å². The summed E-state index contributed by atoms with van der Waals surface area (Å²) < 4.78 is 0.998. The molecule has 0 spiro atoms. The van der Waals surface area contributed by atoms with Crippen molar-refractivity contribution in [2.75, 3.05) is 5.32 Å². The van der Waals surface area contributed by atoms with E-state index in [1.807, 2.05) is 36.6 Å². The van der Waals surface area contributed by atoms with Gasteiger partial charge in [-0.3, -0.25) is 9.59 Å². The lowest BCUT2D eigenvalue weighted by Gasteiger charge is -2.10. The fraction of sp³-hybridized carbons (Fsp3) is 0.150. The van der Waals surface area contributed by atoms with E-state index in [4.69, 9.17) is 0 Å². The highest BCUT2D eigenvalue weighted by Crippen LogP contribution is 2.27. The quantitative estimate of drug-likeness (QED) is 0.470. The number of amides is 1. The average Bonchev–Trinajstić information content (AvgIpc) is 3.06. The number of hydrogen-bond donors (Lipinski definition) is 1. The summed E-state index contributed by atoms with van der Waals surface area (Å²) in [4.78, 5) is 28.5. The SMILES string of the molecule is CC(=O)c1ccc(NC(=O)c2ccccc2CSc2nc(C)cs2)cc1. The predicted molar refractivity (Wildman–Crippen MR) is 107 cm³/mol. The van der Waals surface area contributed by atoms with Gasteiger partial charge in [-0.25, -0.2) is 4.98 Å². The van der Waals surface area contributed by atoms with E-state index < -0.39 is 0 Å². The van der Waals surface area contributed by atoms with Crippen LogP contribution in [0, 0.1) is 6.92 Å². The van der Waals surface area contributed by atoms with E-state index in [2.05, 4.69) is 10.3 Å². The van der Waals surface area contributed by atoms with Crippen molar-refractivity contribution in [3.8, 4) is 0 Å². The van der Waals surface area contributed by atoms with Gasteiger partial charge in [-0.2, -0.15) is 0 Å². The summed E-state index contributed by atoms with van der Waals surface area (Å²) in [7, 11) is 0. The molecule has 2 aromatic carbocycles. The number of nitrogens with one attached hydrogen (secondary N) is 1. The van der Waals surface area contributed by atoms with Gasteiger partial charge in [0.05, 0.1) is 0 Å². The van der Waals surface area contributed by atoms with Gasteiger partial charge in [0.1, 0.15) is 4.34 Å². The van der Waals surface area contributed by atoms with Crippen LogP contribution in [0.15, 0.2) is 58.3 Å². The number of Topliss-reactive ketones (excluding diaryl/α,β-unsaturated/α-hetero) is 1. The highest BCUT2D eigenvalue weighted by molar-refractivity contribution is 8.00.